The van der Waals surface area contributed by atoms with Crippen molar-refractivity contribution < 1.29 is 5.11 Å². The van der Waals surface area contributed by atoms with E-state index >= 15 is 0 Å². The van der Waals surface area contributed by atoms with Crippen LogP contribution in [-0.2, 0) is 13.1 Å². The van der Waals surface area contributed by atoms with Crippen molar-refractivity contribution in [1.29, 1.82) is 0 Å². The Kier molecular flexibility index (Phi) is 5.19. The van der Waals surface area contributed by atoms with E-state index in [1.165, 1.54) is 5.56 Å². The number of aromatic nitrogens is 2. The van der Waals surface area contributed by atoms with Crippen LogP contribution in [0.5, 0.6) is 0 Å². The molecule has 2 N–H and O–H groups in total. The van der Waals surface area contributed by atoms with Crippen LogP contribution in [0.1, 0.15) is 11.1 Å². The molecule has 1 heterocycles. The van der Waals surface area contributed by atoms with Gasteiger partial charge in [-0.15, -0.1) is 0 Å². The number of nitrogens with one attached hydrogen (secondary N) is 1. The first-order valence-corrected chi connectivity index (χ1v) is 7.81. The van der Waals surface area contributed by atoms with Gasteiger partial charge >= 0.3 is 0 Å². The molecule has 1 aromatic heterocycles. The molecule has 0 fully saturated rings. The molecule has 0 amide bonds. The molecule has 2 aromatic carbocycles. The molecule has 0 radical (unpaired) electrons. The van der Waals surface area contributed by atoms with Crippen LogP contribution in [0.3, 0.4) is 0 Å². The van der Waals surface area contributed by atoms with Crippen LogP contribution in [0.4, 0.5) is 0 Å². The molecule has 0 saturated heterocycles. The molecular formula is C19H21N3O. The quantitative estimate of drug-likeness (QED) is 0.705. The molecule has 0 spiro atoms. The number of hydrogen-bond donors (Lipinski definition) is 2. The highest BCUT2D eigenvalue weighted by atomic mass is 16.3. The number of hydrogen-bond acceptors (Lipinski definition) is 3. The molecule has 0 atom stereocenters. The molecule has 0 bridgehead atoms. The van der Waals surface area contributed by atoms with E-state index in [0.29, 0.717) is 6.54 Å². The highest BCUT2D eigenvalue weighted by molar-refractivity contribution is 5.62. The minimum atomic E-state index is 0.144. The van der Waals surface area contributed by atoms with E-state index in [1.54, 1.807) is 0 Å². The normalized spacial score (nSPS) is 11.0. The van der Waals surface area contributed by atoms with Crippen molar-refractivity contribution >= 4 is 0 Å². The molecule has 23 heavy (non-hydrogen) atoms. The molecule has 3 rings (SSSR count). The summed E-state index contributed by atoms with van der Waals surface area (Å²) in [6.45, 7) is 2.33. The fraction of sp³-hybridized carbons (Fsp3) is 0.211. The predicted molar refractivity (Wildman–Crippen MR) is 91.7 cm³/mol. The van der Waals surface area contributed by atoms with E-state index in [0.717, 1.165) is 29.9 Å². The van der Waals surface area contributed by atoms with Crippen molar-refractivity contribution in [2.45, 2.75) is 13.1 Å². The zero-order valence-corrected chi connectivity index (χ0v) is 13.0. The smallest absolute Gasteiger partial charge is 0.0695 e. The van der Waals surface area contributed by atoms with Gasteiger partial charge in [0, 0.05) is 25.2 Å². The Morgan fingerprint density at radius 1 is 0.913 bits per heavy atom. The standard InChI is InChI=1S/C19H21N3O/c23-12-11-22(14-16-7-3-1-4-8-16)15-18-13-20-21-19(18)17-9-5-2-6-10-17/h1-10,13,23H,11-12,14-15H2,(H,20,21). The molecular weight excluding hydrogens is 286 g/mol. The zero-order valence-electron chi connectivity index (χ0n) is 13.0. The molecule has 0 unspecified atom stereocenters. The van der Waals surface area contributed by atoms with Crippen molar-refractivity contribution in [2.24, 2.45) is 0 Å². The Bertz CT molecular complexity index is 710. The summed E-state index contributed by atoms with van der Waals surface area (Å²) < 4.78 is 0. The topological polar surface area (TPSA) is 52.1 Å². The Morgan fingerprint density at radius 2 is 1.61 bits per heavy atom. The van der Waals surface area contributed by atoms with Gasteiger partial charge in [-0.3, -0.25) is 10.00 Å². The summed E-state index contributed by atoms with van der Waals surface area (Å²) >= 11 is 0. The van der Waals surface area contributed by atoms with Crippen LogP contribution in [-0.4, -0.2) is 33.4 Å². The Labute approximate surface area is 136 Å². The second-order valence-corrected chi connectivity index (χ2v) is 5.56. The number of aliphatic hydroxyl groups is 1. The summed E-state index contributed by atoms with van der Waals surface area (Å²) in [5.74, 6) is 0. The van der Waals surface area contributed by atoms with Crippen molar-refractivity contribution in [2.75, 3.05) is 13.2 Å². The third-order valence-electron chi connectivity index (χ3n) is 3.84. The van der Waals surface area contributed by atoms with Gasteiger partial charge in [0.15, 0.2) is 0 Å². The number of benzene rings is 2. The zero-order chi connectivity index (χ0) is 15.9. The first-order valence-electron chi connectivity index (χ1n) is 7.81. The summed E-state index contributed by atoms with van der Waals surface area (Å²) in [5, 5.41) is 16.7. The fourth-order valence-electron chi connectivity index (χ4n) is 2.72. The van der Waals surface area contributed by atoms with Gasteiger partial charge in [0.05, 0.1) is 18.5 Å². The SMILES string of the molecule is OCCN(Cc1ccccc1)Cc1cn[nH]c1-c1ccccc1. The number of H-pyrrole nitrogens is 1. The van der Waals surface area contributed by atoms with Crippen LogP contribution in [0.15, 0.2) is 66.9 Å². The van der Waals surface area contributed by atoms with Crippen molar-refractivity contribution in [1.82, 2.24) is 15.1 Å². The molecule has 0 aliphatic rings. The largest absolute Gasteiger partial charge is 0.395 e. The first-order chi connectivity index (χ1) is 11.4. The number of rotatable bonds is 7. The van der Waals surface area contributed by atoms with Gasteiger partial charge < -0.3 is 5.11 Å². The van der Waals surface area contributed by atoms with Gasteiger partial charge in [-0.25, -0.2) is 0 Å². The number of nitrogens with zero attached hydrogens (tertiary/aromatic N) is 2. The van der Waals surface area contributed by atoms with E-state index in [9.17, 15) is 5.11 Å². The molecule has 3 aromatic rings. The highest BCUT2D eigenvalue weighted by Crippen LogP contribution is 2.22. The molecule has 4 heteroatoms. The van der Waals surface area contributed by atoms with Crippen LogP contribution >= 0.6 is 0 Å². The summed E-state index contributed by atoms with van der Waals surface area (Å²) in [4.78, 5) is 2.23. The average Bonchev–Trinajstić information content (AvgIpc) is 3.05. The molecule has 0 aliphatic carbocycles. The lowest BCUT2D eigenvalue weighted by atomic mass is 10.1. The number of aliphatic hydroxyl groups excluding tert-OH is 1. The van der Waals surface area contributed by atoms with Gasteiger partial charge in [0.25, 0.3) is 0 Å². The van der Waals surface area contributed by atoms with Crippen LogP contribution in [0.2, 0.25) is 0 Å². The van der Waals surface area contributed by atoms with Gasteiger partial charge in [-0.1, -0.05) is 60.7 Å². The fourth-order valence-corrected chi connectivity index (χ4v) is 2.72. The van der Waals surface area contributed by atoms with Gasteiger partial charge in [0.2, 0.25) is 0 Å². The molecule has 0 saturated carbocycles. The van der Waals surface area contributed by atoms with Crippen LogP contribution in [0.25, 0.3) is 11.3 Å². The Hall–Kier alpha value is -2.43. The van der Waals surface area contributed by atoms with E-state index in [2.05, 4.69) is 39.4 Å². The van der Waals surface area contributed by atoms with E-state index in [4.69, 9.17) is 0 Å². The van der Waals surface area contributed by atoms with E-state index in [1.807, 2.05) is 42.6 Å². The van der Waals surface area contributed by atoms with Gasteiger partial charge in [-0.05, 0) is 11.1 Å². The Balaban J connectivity index is 1.77. The van der Waals surface area contributed by atoms with Crippen LogP contribution in [0, 0.1) is 0 Å². The lowest BCUT2D eigenvalue weighted by molar-refractivity contribution is 0.184. The lowest BCUT2D eigenvalue weighted by Gasteiger charge is -2.21. The molecule has 4 nitrogen and oxygen atoms in total. The third kappa shape index (κ3) is 4.06. The maximum absolute atomic E-state index is 9.36. The summed E-state index contributed by atoms with van der Waals surface area (Å²) in [6.07, 6.45) is 1.87. The second-order valence-electron chi connectivity index (χ2n) is 5.56. The average molecular weight is 307 g/mol. The second kappa shape index (κ2) is 7.72. The monoisotopic (exact) mass is 307 g/mol. The van der Waals surface area contributed by atoms with Crippen molar-refractivity contribution in [3.8, 4) is 11.3 Å². The lowest BCUT2D eigenvalue weighted by Crippen LogP contribution is -2.26. The summed E-state index contributed by atoms with van der Waals surface area (Å²) in [7, 11) is 0. The molecule has 0 aliphatic heterocycles. The first kappa shape index (κ1) is 15.5. The maximum Gasteiger partial charge on any atom is 0.0695 e. The van der Waals surface area contributed by atoms with Crippen molar-refractivity contribution in [3.05, 3.63) is 78.0 Å². The minimum Gasteiger partial charge on any atom is -0.395 e. The van der Waals surface area contributed by atoms with Crippen LogP contribution < -0.4 is 0 Å². The number of aromatic amines is 1. The summed E-state index contributed by atoms with van der Waals surface area (Å²) in [5.41, 5.74) is 4.55. The van der Waals surface area contributed by atoms with E-state index < -0.39 is 0 Å². The summed E-state index contributed by atoms with van der Waals surface area (Å²) in [6, 6.07) is 20.5. The third-order valence-corrected chi connectivity index (χ3v) is 3.84. The van der Waals surface area contributed by atoms with Gasteiger partial charge in [-0.2, -0.15) is 5.10 Å². The van der Waals surface area contributed by atoms with Gasteiger partial charge in [0.1, 0.15) is 0 Å². The Morgan fingerprint density at radius 3 is 2.30 bits per heavy atom. The van der Waals surface area contributed by atoms with Crippen molar-refractivity contribution in [3.63, 3.8) is 0 Å². The minimum absolute atomic E-state index is 0.144. The predicted octanol–water partition coefficient (Wildman–Crippen LogP) is 3.07. The maximum atomic E-state index is 9.36. The van der Waals surface area contributed by atoms with E-state index in [-0.39, 0.29) is 6.61 Å². The highest BCUT2D eigenvalue weighted by Gasteiger charge is 2.12. The molecule has 118 valence electrons.